The van der Waals surface area contributed by atoms with Crippen molar-refractivity contribution in [2.45, 2.75) is 12.5 Å². The smallest absolute Gasteiger partial charge is 0.326 e. The second kappa shape index (κ2) is 7.11. The van der Waals surface area contributed by atoms with Gasteiger partial charge in [-0.15, -0.1) is 0 Å². The maximum Gasteiger partial charge on any atom is 0.326 e. The quantitative estimate of drug-likeness (QED) is 0.638. The van der Waals surface area contributed by atoms with Crippen molar-refractivity contribution in [1.29, 1.82) is 0 Å². The van der Waals surface area contributed by atoms with Crippen molar-refractivity contribution in [3.8, 4) is 0 Å². The first-order valence-electron chi connectivity index (χ1n) is 5.26. The van der Waals surface area contributed by atoms with Crippen LogP contribution in [0.15, 0.2) is 22.7 Å². The maximum atomic E-state index is 11.6. The van der Waals surface area contributed by atoms with E-state index in [1.54, 1.807) is 12.1 Å². The Morgan fingerprint density at radius 1 is 1.30 bits per heavy atom. The Hall–Kier alpha value is -1.80. The van der Waals surface area contributed by atoms with Crippen LogP contribution in [0.5, 0.6) is 0 Å². The Labute approximate surface area is 127 Å². The summed E-state index contributed by atoms with van der Waals surface area (Å²) in [4.78, 5) is 32.9. The lowest BCUT2D eigenvalue weighted by molar-refractivity contribution is -0.145. The number of halogens is 2. The van der Waals surface area contributed by atoms with E-state index < -0.39 is 30.4 Å². The highest BCUT2D eigenvalue weighted by Crippen LogP contribution is 2.25. The van der Waals surface area contributed by atoms with Gasteiger partial charge in [0.05, 0.1) is 12.1 Å². The van der Waals surface area contributed by atoms with Gasteiger partial charge in [0.25, 0.3) is 0 Å². The molecule has 2 amide bonds. The Morgan fingerprint density at radius 2 is 1.95 bits per heavy atom. The minimum Gasteiger partial charge on any atom is -0.481 e. The molecule has 0 saturated carbocycles. The summed E-state index contributed by atoms with van der Waals surface area (Å²) < 4.78 is 0.544. The molecule has 0 unspecified atom stereocenters. The van der Waals surface area contributed by atoms with Gasteiger partial charge in [-0.2, -0.15) is 0 Å². The van der Waals surface area contributed by atoms with Gasteiger partial charge in [-0.3, -0.25) is 4.79 Å². The number of carbonyl (C=O) groups excluding carboxylic acids is 1. The Bertz CT molecular complexity index is 552. The molecule has 0 saturated heterocycles. The van der Waals surface area contributed by atoms with E-state index in [0.29, 0.717) is 15.2 Å². The van der Waals surface area contributed by atoms with Crippen LogP contribution in [-0.2, 0) is 9.59 Å². The van der Waals surface area contributed by atoms with Gasteiger partial charge in [0.1, 0.15) is 6.04 Å². The zero-order chi connectivity index (χ0) is 15.3. The molecule has 1 aromatic carbocycles. The Balaban J connectivity index is 2.72. The van der Waals surface area contributed by atoms with E-state index in [9.17, 15) is 14.4 Å². The summed E-state index contributed by atoms with van der Waals surface area (Å²) in [6, 6.07) is 2.29. The zero-order valence-electron chi connectivity index (χ0n) is 9.89. The van der Waals surface area contributed by atoms with E-state index >= 15 is 0 Å². The van der Waals surface area contributed by atoms with Gasteiger partial charge in [-0.05, 0) is 34.1 Å². The Kier molecular flexibility index (Phi) is 5.78. The molecule has 0 heterocycles. The van der Waals surface area contributed by atoms with Gasteiger partial charge in [0.2, 0.25) is 0 Å². The monoisotopic (exact) mass is 364 g/mol. The van der Waals surface area contributed by atoms with Crippen molar-refractivity contribution in [3.05, 3.63) is 27.7 Å². The molecule has 9 heteroatoms. The van der Waals surface area contributed by atoms with E-state index in [1.165, 1.54) is 6.07 Å². The number of carboxylic acid groups (broad SMARTS) is 2. The number of carbonyl (C=O) groups is 3. The summed E-state index contributed by atoms with van der Waals surface area (Å²) in [5.74, 6) is -2.77. The van der Waals surface area contributed by atoms with Crippen LogP contribution in [0.25, 0.3) is 0 Å². The van der Waals surface area contributed by atoms with Crippen LogP contribution in [0.3, 0.4) is 0 Å². The van der Waals surface area contributed by atoms with E-state index in [2.05, 4.69) is 21.2 Å². The number of carboxylic acids is 2. The normalized spacial score (nSPS) is 11.5. The number of benzene rings is 1. The third-order valence-electron chi connectivity index (χ3n) is 2.16. The fourth-order valence-electron chi connectivity index (χ4n) is 1.28. The first kappa shape index (κ1) is 16.3. The molecule has 0 aliphatic carbocycles. The molecule has 0 spiro atoms. The fourth-order valence-corrected chi connectivity index (χ4v) is 1.80. The zero-order valence-corrected chi connectivity index (χ0v) is 12.2. The highest BCUT2D eigenvalue weighted by molar-refractivity contribution is 9.10. The summed E-state index contributed by atoms with van der Waals surface area (Å²) in [5.41, 5.74) is 0.328. The predicted octanol–water partition coefficient (Wildman–Crippen LogP) is 2.15. The third-order valence-corrected chi connectivity index (χ3v) is 3.09. The number of anilines is 1. The number of rotatable bonds is 5. The number of nitrogens with one attached hydrogen (secondary N) is 2. The molecule has 0 bridgehead atoms. The van der Waals surface area contributed by atoms with Crippen molar-refractivity contribution < 1.29 is 24.6 Å². The minimum absolute atomic E-state index is 0.328. The lowest BCUT2D eigenvalue weighted by Gasteiger charge is -2.14. The van der Waals surface area contributed by atoms with Crippen molar-refractivity contribution >= 4 is 51.2 Å². The number of amides is 2. The van der Waals surface area contributed by atoms with Crippen molar-refractivity contribution in [1.82, 2.24) is 5.32 Å². The van der Waals surface area contributed by atoms with Gasteiger partial charge >= 0.3 is 18.0 Å². The molecule has 0 aromatic heterocycles. The average Bonchev–Trinajstić information content (AvgIpc) is 2.32. The number of aliphatic carboxylic acids is 2. The third kappa shape index (κ3) is 5.06. The summed E-state index contributed by atoms with van der Waals surface area (Å²) in [5, 5.41) is 22.2. The van der Waals surface area contributed by atoms with Crippen molar-refractivity contribution in [3.63, 3.8) is 0 Å². The van der Waals surface area contributed by atoms with Crippen molar-refractivity contribution in [2.24, 2.45) is 0 Å². The fraction of sp³-hybridized carbons (Fsp3) is 0.182. The molecule has 108 valence electrons. The molecule has 1 atom stereocenters. The lowest BCUT2D eigenvalue weighted by atomic mass is 10.2. The molecular formula is C11H10BrClN2O5. The summed E-state index contributed by atoms with van der Waals surface area (Å²) in [6.45, 7) is 0. The van der Waals surface area contributed by atoms with Gasteiger partial charge in [0.15, 0.2) is 0 Å². The van der Waals surface area contributed by atoms with Crippen LogP contribution in [0.4, 0.5) is 10.5 Å². The van der Waals surface area contributed by atoms with Gasteiger partial charge < -0.3 is 20.8 Å². The summed E-state index contributed by atoms with van der Waals surface area (Å²) in [6.07, 6.45) is -0.723. The predicted molar refractivity (Wildman–Crippen MR) is 75.0 cm³/mol. The Morgan fingerprint density at radius 3 is 2.50 bits per heavy atom. The van der Waals surface area contributed by atoms with E-state index in [-0.39, 0.29) is 0 Å². The largest absolute Gasteiger partial charge is 0.481 e. The standard InChI is InChI=1S/C11H10BrClN2O5/c12-6-2-1-5(13)3-7(6)14-11(20)15-8(10(18)19)4-9(16)17/h1-3,8H,4H2,(H,16,17)(H,18,19)(H2,14,15,20)/t8-/m0/s1. The summed E-state index contributed by atoms with van der Waals surface area (Å²) in [7, 11) is 0. The molecule has 1 aromatic rings. The molecule has 0 aliphatic rings. The average molecular weight is 366 g/mol. The lowest BCUT2D eigenvalue weighted by Crippen LogP contribution is -2.44. The van der Waals surface area contributed by atoms with E-state index in [4.69, 9.17) is 21.8 Å². The summed E-state index contributed by atoms with van der Waals surface area (Å²) >= 11 is 8.94. The highest BCUT2D eigenvalue weighted by Gasteiger charge is 2.23. The van der Waals surface area contributed by atoms with Gasteiger partial charge in [-0.25, -0.2) is 9.59 Å². The van der Waals surface area contributed by atoms with Crippen LogP contribution < -0.4 is 10.6 Å². The first-order chi connectivity index (χ1) is 9.29. The van der Waals surface area contributed by atoms with Crippen LogP contribution in [0.1, 0.15) is 6.42 Å². The number of hydrogen-bond acceptors (Lipinski definition) is 3. The highest BCUT2D eigenvalue weighted by atomic mass is 79.9. The van der Waals surface area contributed by atoms with E-state index in [0.717, 1.165) is 0 Å². The second-order valence-electron chi connectivity index (χ2n) is 3.71. The van der Waals surface area contributed by atoms with Crippen LogP contribution in [-0.4, -0.2) is 34.2 Å². The van der Waals surface area contributed by atoms with Crippen molar-refractivity contribution in [2.75, 3.05) is 5.32 Å². The topological polar surface area (TPSA) is 116 Å². The number of urea groups is 1. The SMILES string of the molecule is O=C(O)C[C@H](NC(=O)Nc1cc(Cl)ccc1Br)C(=O)O. The van der Waals surface area contributed by atoms with Crippen LogP contribution >= 0.6 is 27.5 Å². The molecule has 1 rings (SSSR count). The van der Waals surface area contributed by atoms with E-state index in [1.807, 2.05) is 5.32 Å². The molecule has 0 aliphatic heterocycles. The van der Waals surface area contributed by atoms with Crippen LogP contribution in [0.2, 0.25) is 5.02 Å². The van der Waals surface area contributed by atoms with Gasteiger partial charge in [0, 0.05) is 9.50 Å². The molecule has 7 nitrogen and oxygen atoms in total. The molecular weight excluding hydrogens is 355 g/mol. The minimum atomic E-state index is -1.52. The molecule has 0 radical (unpaired) electrons. The van der Waals surface area contributed by atoms with Gasteiger partial charge in [-0.1, -0.05) is 11.6 Å². The number of hydrogen-bond donors (Lipinski definition) is 4. The molecule has 0 fully saturated rings. The molecule has 20 heavy (non-hydrogen) atoms. The molecule has 4 N–H and O–H groups in total. The maximum absolute atomic E-state index is 11.6. The first-order valence-corrected chi connectivity index (χ1v) is 6.44. The second-order valence-corrected chi connectivity index (χ2v) is 5.00. The van der Waals surface area contributed by atoms with Crippen LogP contribution in [0, 0.1) is 0 Å².